The summed E-state index contributed by atoms with van der Waals surface area (Å²) in [5.74, 6) is -0.691. The van der Waals surface area contributed by atoms with Crippen LogP contribution in [-0.4, -0.2) is 107 Å². The molecule has 0 aliphatic rings. The Morgan fingerprint density at radius 1 is 0.741 bits per heavy atom. The fraction of sp³-hybridized carbons (Fsp3) is 0.875. The lowest BCUT2D eigenvalue weighted by Gasteiger charge is -2.32. The highest BCUT2D eigenvalue weighted by atomic mass is 32.2. The second kappa shape index (κ2) is 14.1. The first-order valence-electron chi connectivity index (χ1n) is 8.40. The van der Waals surface area contributed by atoms with Gasteiger partial charge in [-0.25, -0.2) is 0 Å². The molecule has 0 aromatic rings. The highest BCUT2D eigenvalue weighted by Gasteiger charge is 2.34. The molecule has 0 aromatic carbocycles. The molecule has 0 atom stereocenters. The van der Waals surface area contributed by atoms with Gasteiger partial charge in [-0.05, 0) is 0 Å². The van der Waals surface area contributed by atoms with Crippen LogP contribution in [-0.2, 0) is 19.1 Å². The van der Waals surface area contributed by atoms with Gasteiger partial charge in [0.05, 0.1) is 69.9 Å². The topological polar surface area (TPSA) is 174 Å². The van der Waals surface area contributed by atoms with Gasteiger partial charge >= 0.3 is 11.9 Å². The van der Waals surface area contributed by atoms with Crippen LogP contribution < -0.4 is 0 Å². The lowest BCUT2D eigenvalue weighted by molar-refractivity contribution is -0.154. The summed E-state index contributed by atoms with van der Waals surface area (Å²) in [6.45, 7) is -3.35. The Kier molecular flexibility index (Phi) is 13.6. The number of rotatable bonds is 17. The molecule has 0 heterocycles. The maximum atomic E-state index is 11.7. The zero-order valence-electron chi connectivity index (χ0n) is 15.2. The van der Waals surface area contributed by atoms with Crippen LogP contribution in [0.4, 0.5) is 0 Å². The lowest BCUT2D eigenvalue weighted by Crippen LogP contribution is -2.44. The number of ether oxygens (including phenoxy) is 2. The van der Waals surface area contributed by atoms with Gasteiger partial charge < -0.3 is 40.1 Å². The molecule has 0 rings (SSSR count). The minimum absolute atomic E-state index is 0.00615. The monoisotopic (exact) mass is 414 g/mol. The number of carbonyl (C=O) groups is 2. The molecule has 0 radical (unpaired) electrons. The van der Waals surface area contributed by atoms with E-state index >= 15 is 0 Å². The number of carboxylic acids is 1. The molecule has 0 aliphatic carbocycles. The van der Waals surface area contributed by atoms with Crippen molar-refractivity contribution in [3.8, 4) is 0 Å². The van der Waals surface area contributed by atoms with Crippen LogP contribution in [0.5, 0.6) is 0 Å². The molecule has 0 unspecified atom stereocenters. The van der Waals surface area contributed by atoms with Gasteiger partial charge in [-0.15, -0.1) is 0 Å². The Hall–Kier alpha value is -0.950. The fourth-order valence-corrected chi connectivity index (χ4v) is 2.60. The Morgan fingerprint density at radius 3 is 1.70 bits per heavy atom. The van der Waals surface area contributed by atoms with E-state index < -0.39 is 55.8 Å². The van der Waals surface area contributed by atoms with Crippen LogP contribution in [0, 0.1) is 10.8 Å². The third-order valence-electron chi connectivity index (χ3n) is 3.94. The van der Waals surface area contributed by atoms with Crippen LogP contribution in [0.3, 0.4) is 0 Å². The highest BCUT2D eigenvalue weighted by molar-refractivity contribution is 7.99. The van der Waals surface area contributed by atoms with E-state index in [0.717, 1.165) is 0 Å². The summed E-state index contributed by atoms with van der Waals surface area (Å²) in [4.78, 5) is 22.1. The van der Waals surface area contributed by atoms with Crippen molar-refractivity contribution in [2.45, 2.75) is 12.8 Å². The molecule has 0 saturated heterocycles. The number of aliphatic hydroxyl groups excluding tert-OH is 5. The second-order valence-electron chi connectivity index (χ2n) is 6.45. The zero-order valence-corrected chi connectivity index (χ0v) is 16.0. The Balaban J connectivity index is 4.36. The highest BCUT2D eigenvalue weighted by Crippen LogP contribution is 2.21. The van der Waals surface area contributed by atoms with Crippen LogP contribution in [0.15, 0.2) is 0 Å². The molecule has 11 heteroatoms. The lowest BCUT2D eigenvalue weighted by atomic mass is 9.90. The average molecular weight is 414 g/mol. The van der Waals surface area contributed by atoms with Crippen LogP contribution >= 0.6 is 11.8 Å². The van der Waals surface area contributed by atoms with Crippen molar-refractivity contribution in [3.63, 3.8) is 0 Å². The molecule has 0 fully saturated rings. The van der Waals surface area contributed by atoms with Crippen molar-refractivity contribution < 1.29 is 49.7 Å². The molecule has 160 valence electrons. The normalized spacial score (nSPS) is 12.2. The number of carboxylic acid groups (broad SMARTS) is 1. The number of hydrogen-bond acceptors (Lipinski definition) is 10. The number of esters is 1. The summed E-state index contributed by atoms with van der Waals surface area (Å²) in [5, 5.41) is 55.3. The standard InChI is InChI=1S/C16H30O10S/c17-5-15(6-18,7-19)10-25-11-16(8-20,9-21)12-26-14(24)2-4-27-3-1-13(22)23/h17-21H,1-12H2,(H,22,23). The molecule has 0 aliphatic heterocycles. The van der Waals surface area contributed by atoms with Gasteiger partial charge in [-0.1, -0.05) is 0 Å². The summed E-state index contributed by atoms with van der Waals surface area (Å²) >= 11 is 1.30. The Morgan fingerprint density at radius 2 is 1.22 bits per heavy atom. The van der Waals surface area contributed by atoms with Crippen LogP contribution in [0.2, 0.25) is 0 Å². The SMILES string of the molecule is O=C(O)CCSCCC(=O)OCC(CO)(CO)COCC(CO)(CO)CO. The smallest absolute Gasteiger partial charge is 0.306 e. The third kappa shape index (κ3) is 10.2. The van der Waals surface area contributed by atoms with Gasteiger partial charge in [0.15, 0.2) is 0 Å². The molecule has 0 saturated carbocycles. The van der Waals surface area contributed by atoms with E-state index in [9.17, 15) is 35.1 Å². The van der Waals surface area contributed by atoms with Crippen LogP contribution in [0.1, 0.15) is 12.8 Å². The molecular weight excluding hydrogens is 384 g/mol. The van der Waals surface area contributed by atoms with E-state index in [1.54, 1.807) is 0 Å². The summed E-state index contributed by atoms with van der Waals surface area (Å²) < 4.78 is 10.4. The number of carbonyl (C=O) groups excluding carboxylic acids is 1. The summed E-state index contributed by atoms with van der Waals surface area (Å²) in [7, 11) is 0. The van der Waals surface area contributed by atoms with Crippen molar-refractivity contribution in [2.24, 2.45) is 10.8 Å². The number of thioether (sulfide) groups is 1. The van der Waals surface area contributed by atoms with E-state index in [1.165, 1.54) is 11.8 Å². The fourth-order valence-electron chi connectivity index (χ4n) is 1.77. The Labute approximate surface area is 162 Å². The second-order valence-corrected chi connectivity index (χ2v) is 7.67. The number of hydrogen-bond donors (Lipinski definition) is 6. The van der Waals surface area contributed by atoms with Crippen molar-refractivity contribution >= 4 is 23.7 Å². The predicted molar refractivity (Wildman–Crippen MR) is 96.3 cm³/mol. The molecule has 0 bridgehead atoms. The third-order valence-corrected chi connectivity index (χ3v) is 4.93. The largest absolute Gasteiger partial charge is 0.481 e. The molecule has 0 spiro atoms. The van der Waals surface area contributed by atoms with Crippen molar-refractivity contribution in [3.05, 3.63) is 0 Å². The molecule has 6 N–H and O–H groups in total. The molecule has 0 amide bonds. The van der Waals surface area contributed by atoms with Gasteiger partial charge in [0.25, 0.3) is 0 Å². The van der Waals surface area contributed by atoms with E-state index in [2.05, 4.69) is 0 Å². The molecule has 0 aromatic heterocycles. The maximum absolute atomic E-state index is 11.7. The van der Waals surface area contributed by atoms with E-state index in [0.29, 0.717) is 11.5 Å². The maximum Gasteiger partial charge on any atom is 0.306 e. The van der Waals surface area contributed by atoms with Crippen LogP contribution in [0.25, 0.3) is 0 Å². The van der Waals surface area contributed by atoms with Gasteiger partial charge in [-0.3, -0.25) is 9.59 Å². The summed E-state index contributed by atoms with van der Waals surface area (Å²) in [6.07, 6.45) is 0.0624. The Bertz CT molecular complexity index is 415. The first-order valence-corrected chi connectivity index (χ1v) is 9.55. The molecule has 10 nitrogen and oxygen atoms in total. The van der Waals surface area contributed by atoms with E-state index in [1.807, 2.05) is 0 Å². The quantitative estimate of drug-likeness (QED) is 0.116. The first-order chi connectivity index (χ1) is 12.8. The molecular formula is C16H30O10S. The number of aliphatic hydroxyl groups is 5. The minimum atomic E-state index is -1.27. The van der Waals surface area contributed by atoms with E-state index in [4.69, 9.17) is 14.6 Å². The van der Waals surface area contributed by atoms with Gasteiger partial charge in [-0.2, -0.15) is 11.8 Å². The predicted octanol–water partition coefficient (Wildman–Crippen LogP) is -1.92. The van der Waals surface area contributed by atoms with Crippen molar-refractivity contribution in [1.82, 2.24) is 0 Å². The summed E-state index contributed by atoms with van der Waals surface area (Å²) in [5.41, 5.74) is -2.52. The van der Waals surface area contributed by atoms with Gasteiger partial charge in [0, 0.05) is 11.5 Å². The van der Waals surface area contributed by atoms with E-state index in [-0.39, 0.29) is 32.7 Å². The first kappa shape index (κ1) is 26.1. The number of aliphatic carboxylic acids is 1. The van der Waals surface area contributed by atoms with Gasteiger partial charge in [0.2, 0.25) is 0 Å². The molecule has 27 heavy (non-hydrogen) atoms. The van der Waals surface area contributed by atoms with Crippen molar-refractivity contribution in [2.75, 3.05) is 64.4 Å². The zero-order chi connectivity index (χ0) is 20.8. The minimum Gasteiger partial charge on any atom is -0.481 e. The average Bonchev–Trinajstić information content (AvgIpc) is 2.68. The summed E-state index contributed by atoms with van der Waals surface area (Å²) in [6, 6.07) is 0. The van der Waals surface area contributed by atoms with Gasteiger partial charge in [0.1, 0.15) is 6.61 Å². The van der Waals surface area contributed by atoms with Crippen molar-refractivity contribution in [1.29, 1.82) is 0 Å².